The molecule has 2 amide bonds. The lowest BCUT2D eigenvalue weighted by atomic mass is 10.1. The number of aromatic nitrogens is 2. The third kappa shape index (κ3) is 4.11. The highest BCUT2D eigenvalue weighted by molar-refractivity contribution is 5.97. The van der Waals surface area contributed by atoms with Crippen LogP contribution in [0.25, 0.3) is 5.69 Å². The second kappa shape index (κ2) is 8.73. The molecule has 1 aliphatic carbocycles. The van der Waals surface area contributed by atoms with Crippen LogP contribution in [0.5, 0.6) is 5.75 Å². The number of benzene rings is 2. The summed E-state index contributed by atoms with van der Waals surface area (Å²) in [5, 5.41) is 4.62. The van der Waals surface area contributed by atoms with E-state index in [1.807, 2.05) is 32.7 Å². The van der Waals surface area contributed by atoms with Crippen LogP contribution in [-0.2, 0) is 0 Å². The molecule has 0 spiro atoms. The number of amides is 2. The molecule has 1 saturated carbocycles. The van der Waals surface area contributed by atoms with E-state index in [0.29, 0.717) is 43.2 Å². The number of para-hydroxylation sites is 1. The summed E-state index contributed by atoms with van der Waals surface area (Å²) in [5.41, 5.74) is 4.49. The lowest BCUT2D eigenvalue weighted by molar-refractivity contribution is 0.0534. The van der Waals surface area contributed by atoms with Gasteiger partial charge in [0.1, 0.15) is 5.75 Å². The summed E-state index contributed by atoms with van der Waals surface area (Å²) < 4.78 is 7.12. The Kier molecular flexibility index (Phi) is 5.62. The molecule has 7 nitrogen and oxygen atoms in total. The second-order valence-electron chi connectivity index (χ2n) is 8.73. The summed E-state index contributed by atoms with van der Waals surface area (Å²) in [5.74, 6) is 1.09. The SMILES string of the molecule is COc1ccc(C(=O)N2CCN(C(=O)c3cnn(-c4ccccc4C)c3C3CC3)CC2)cc1. The second-order valence-corrected chi connectivity index (χ2v) is 8.73. The molecule has 0 atom stereocenters. The van der Waals surface area contributed by atoms with Gasteiger partial charge in [0.2, 0.25) is 0 Å². The Balaban J connectivity index is 1.30. The van der Waals surface area contributed by atoms with E-state index < -0.39 is 0 Å². The Morgan fingerprint density at radius 3 is 2.15 bits per heavy atom. The summed E-state index contributed by atoms with van der Waals surface area (Å²) in [6.07, 6.45) is 3.89. The standard InChI is InChI=1S/C26H28N4O3/c1-18-5-3-4-6-23(18)30-24(19-7-8-19)22(17-27-30)26(32)29-15-13-28(14-16-29)25(31)20-9-11-21(33-2)12-10-20/h3-6,9-12,17,19H,7-8,13-16H2,1-2H3. The van der Waals surface area contributed by atoms with Gasteiger partial charge in [-0.1, -0.05) is 18.2 Å². The Morgan fingerprint density at radius 2 is 1.55 bits per heavy atom. The van der Waals surface area contributed by atoms with Crippen molar-refractivity contribution in [1.82, 2.24) is 19.6 Å². The van der Waals surface area contributed by atoms with Crippen molar-refractivity contribution in [2.45, 2.75) is 25.7 Å². The number of aryl methyl sites for hydroxylation is 1. The molecule has 0 N–H and O–H groups in total. The molecule has 2 aliphatic rings. The van der Waals surface area contributed by atoms with Gasteiger partial charge in [0.25, 0.3) is 11.8 Å². The molecule has 33 heavy (non-hydrogen) atoms. The van der Waals surface area contributed by atoms with Crippen LogP contribution in [0.4, 0.5) is 0 Å². The lowest BCUT2D eigenvalue weighted by Crippen LogP contribution is -2.50. The van der Waals surface area contributed by atoms with Crippen molar-refractivity contribution in [3.05, 3.63) is 77.1 Å². The van der Waals surface area contributed by atoms with E-state index in [-0.39, 0.29) is 11.8 Å². The van der Waals surface area contributed by atoms with Gasteiger partial charge in [-0.25, -0.2) is 4.68 Å². The summed E-state index contributed by atoms with van der Waals surface area (Å²) >= 11 is 0. The summed E-state index contributed by atoms with van der Waals surface area (Å²) in [6, 6.07) is 15.3. The molecule has 0 bridgehead atoms. The van der Waals surface area contributed by atoms with Gasteiger partial charge >= 0.3 is 0 Å². The zero-order valence-corrected chi connectivity index (χ0v) is 19.0. The zero-order chi connectivity index (χ0) is 22.9. The van der Waals surface area contributed by atoms with E-state index in [9.17, 15) is 9.59 Å². The van der Waals surface area contributed by atoms with Crippen LogP contribution < -0.4 is 4.74 Å². The Labute approximate surface area is 193 Å². The molecule has 5 rings (SSSR count). The van der Waals surface area contributed by atoms with Crippen LogP contribution in [0, 0.1) is 6.92 Å². The van der Waals surface area contributed by atoms with E-state index in [1.165, 1.54) is 0 Å². The summed E-state index contributed by atoms with van der Waals surface area (Å²) in [6.45, 7) is 4.12. The minimum absolute atomic E-state index is 0.00767. The first-order valence-electron chi connectivity index (χ1n) is 11.4. The number of piperazine rings is 1. The van der Waals surface area contributed by atoms with Crippen molar-refractivity contribution in [2.75, 3.05) is 33.3 Å². The minimum atomic E-state index is -0.0178. The largest absolute Gasteiger partial charge is 0.497 e. The van der Waals surface area contributed by atoms with Crippen LogP contribution in [0.3, 0.4) is 0 Å². The van der Waals surface area contributed by atoms with Crippen LogP contribution in [0.1, 0.15) is 50.7 Å². The predicted octanol–water partition coefficient (Wildman–Crippen LogP) is 3.66. The minimum Gasteiger partial charge on any atom is -0.497 e. The van der Waals surface area contributed by atoms with E-state index in [0.717, 1.165) is 35.5 Å². The maximum absolute atomic E-state index is 13.5. The van der Waals surface area contributed by atoms with E-state index in [1.54, 1.807) is 37.6 Å². The first-order valence-corrected chi connectivity index (χ1v) is 11.4. The van der Waals surface area contributed by atoms with Gasteiger partial charge in [0, 0.05) is 37.7 Å². The van der Waals surface area contributed by atoms with Crippen molar-refractivity contribution in [2.24, 2.45) is 0 Å². The fourth-order valence-corrected chi connectivity index (χ4v) is 4.46. The van der Waals surface area contributed by atoms with Crippen molar-refractivity contribution in [3.8, 4) is 11.4 Å². The van der Waals surface area contributed by atoms with E-state index in [2.05, 4.69) is 18.1 Å². The normalized spacial score (nSPS) is 16.1. The third-order valence-corrected chi connectivity index (χ3v) is 6.54. The molecule has 170 valence electrons. The van der Waals surface area contributed by atoms with E-state index in [4.69, 9.17) is 4.74 Å². The maximum Gasteiger partial charge on any atom is 0.257 e. The van der Waals surface area contributed by atoms with Crippen molar-refractivity contribution < 1.29 is 14.3 Å². The van der Waals surface area contributed by atoms with Gasteiger partial charge < -0.3 is 14.5 Å². The van der Waals surface area contributed by atoms with Crippen LogP contribution in [-0.4, -0.2) is 64.7 Å². The number of hydrogen-bond acceptors (Lipinski definition) is 4. The highest BCUT2D eigenvalue weighted by Gasteiger charge is 2.35. The molecular formula is C26H28N4O3. The average Bonchev–Trinajstić information content (AvgIpc) is 3.61. The van der Waals surface area contributed by atoms with Crippen LogP contribution in [0.2, 0.25) is 0 Å². The smallest absolute Gasteiger partial charge is 0.257 e. The summed E-state index contributed by atoms with van der Waals surface area (Å²) in [7, 11) is 1.60. The fraction of sp³-hybridized carbons (Fsp3) is 0.346. The highest BCUT2D eigenvalue weighted by atomic mass is 16.5. The van der Waals surface area contributed by atoms with Gasteiger partial charge in [-0.15, -0.1) is 0 Å². The molecule has 1 aromatic heterocycles. The van der Waals surface area contributed by atoms with Crippen molar-refractivity contribution in [1.29, 1.82) is 0 Å². The van der Waals surface area contributed by atoms with Crippen molar-refractivity contribution in [3.63, 3.8) is 0 Å². The van der Waals surface area contributed by atoms with Gasteiger partial charge in [-0.2, -0.15) is 5.10 Å². The molecule has 7 heteroatoms. The van der Waals surface area contributed by atoms with Crippen molar-refractivity contribution >= 4 is 11.8 Å². The van der Waals surface area contributed by atoms with E-state index >= 15 is 0 Å². The molecule has 2 heterocycles. The Morgan fingerprint density at radius 1 is 0.909 bits per heavy atom. The predicted molar refractivity (Wildman–Crippen MR) is 125 cm³/mol. The highest BCUT2D eigenvalue weighted by Crippen LogP contribution is 2.43. The number of carbonyl (C=O) groups excluding carboxylic acids is 2. The van der Waals surface area contributed by atoms with Gasteiger partial charge in [-0.3, -0.25) is 9.59 Å². The molecular weight excluding hydrogens is 416 g/mol. The first kappa shape index (κ1) is 21.2. The molecule has 0 radical (unpaired) electrons. The topological polar surface area (TPSA) is 67.7 Å². The Hall–Kier alpha value is -3.61. The number of rotatable bonds is 5. The number of nitrogens with zero attached hydrogens (tertiary/aromatic N) is 4. The molecule has 3 aromatic rings. The monoisotopic (exact) mass is 444 g/mol. The van der Waals surface area contributed by atoms with Crippen LogP contribution >= 0.6 is 0 Å². The first-order chi connectivity index (χ1) is 16.1. The summed E-state index contributed by atoms with van der Waals surface area (Å²) in [4.78, 5) is 30.0. The molecule has 1 saturated heterocycles. The molecule has 0 unspecified atom stereocenters. The zero-order valence-electron chi connectivity index (χ0n) is 19.0. The van der Waals surface area contributed by atoms with Crippen LogP contribution in [0.15, 0.2) is 54.7 Å². The quantitative estimate of drug-likeness (QED) is 0.602. The molecule has 1 aliphatic heterocycles. The average molecular weight is 445 g/mol. The molecule has 2 fully saturated rings. The Bertz CT molecular complexity index is 1170. The van der Waals surface area contributed by atoms with Gasteiger partial charge in [-0.05, 0) is 55.7 Å². The van der Waals surface area contributed by atoms with Gasteiger partial charge in [0.15, 0.2) is 0 Å². The third-order valence-electron chi connectivity index (χ3n) is 6.54. The fourth-order valence-electron chi connectivity index (χ4n) is 4.46. The number of carbonyl (C=O) groups is 2. The van der Waals surface area contributed by atoms with Gasteiger partial charge in [0.05, 0.1) is 30.3 Å². The number of methoxy groups -OCH3 is 1. The number of hydrogen-bond donors (Lipinski definition) is 0. The molecule has 2 aromatic carbocycles. The maximum atomic E-state index is 13.5. The number of ether oxygens (including phenoxy) is 1. The lowest BCUT2D eigenvalue weighted by Gasteiger charge is -2.35.